The maximum absolute atomic E-state index is 13.8. The maximum Gasteiger partial charge on any atom is 0.193 e. The fourth-order valence-electron chi connectivity index (χ4n) is 5.54. The van der Waals surface area contributed by atoms with E-state index in [4.69, 9.17) is 4.74 Å². The number of carbonyl (C=O) groups excluding carboxylic acids is 2. The lowest BCUT2D eigenvalue weighted by molar-refractivity contribution is -0.122. The first-order valence-electron chi connectivity index (χ1n) is 13.0. The van der Waals surface area contributed by atoms with Crippen molar-refractivity contribution in [1.29, 1.82) is 0 Å². The van der Waals surface area contributed by atoms with Crippen LogP contribution in [0.5, 0.6) is 11.5 Å². The zero-order chi connectivity index (χ0) is 26.9. The number of Topliss-reactive ketones (excluding diaryl/α,β-unsaturated/α-hetero) is 1. The Labute approximate surface area is 227 Å². The molecule has 4 aromatic carbocycles. The number of methoxy groups -OCH3 is 1. The van der Waals surface area contributed by atoms with E-state index in [-0.39, 0.29) is 23.2 Å². The Bertz CT molecular complexity index is 1580. The molecule has 0 radical (unpaired) electrons. The lowest BCUT2D eigenvalue weighted by Crippen LogP contribution is -2.33. The van der Waals surface area contributed by atoms with Crippen LogP contribution in [-0.4, -0.2) is 23.8 Å². The van der Waals surface area contributed by atoms with Crippen molar-refractivity contribution >= 4 is 22.9 Å². The standard InChI is InChI=1S/C33H28N2O4/c1-39-30-19-22(13-15-28(30)36)32-31-27(17-24(18-29(31)37)20-8-4-2-5-9-20)34-26-16-23(12-14-25(26)35-32)33(38)21-10-6-3-7-11-21/h2-17,19,24,31-32,34-36H,18H2,1H3/t24-,31-,32+/m1/s1. The molecule has 3 atom stereocenters. The number of hydrogen-bond donors (Lipinski definition) is 3. The Kier molecular flexibility index (Phi) is 6.37. The van der Waals surface area contributed by atoms with Crippen LogP contribution < -0.4 is 15.4 Å². The number of benzene rings is 4. The fourth-order valence-corrected chi connectivity index (χ4v) is 5.54. The summed E-state index contributed by atoms with van der Waals surface area (Å²) in [5.41, 5.74) is 5.34. The Balaban J connectivity index is 1.46. The van der Waals surface area contributed by atoms with Crippen LogP contribution in [0.2, 0.25) is 0 Å². The topological polar surface area (TPSA) is 87.7 Å². The summed E-state index contributed by atoms with van der Waals surface area (Å²) in [6.45, 7) is 0. The molecule has 0 spiro atoms. The van der Waals surface area contributed by atoms with Gasteiger partial charge >= 0.3 is 0 Å². The number of aromatic hydroxyl groups is 1. The summed E-state index contributed by atoms with van der Waals surface area (Å²) in [5, 5.41) is 17.3. The highest BCUT2D eigenvalue weighted by atomic mass is 16.5. The summed E-state index contributed by atoms with van der Waals surface area (Å²) < 4.78 is 5.37. The molecule has 1 heterocycles. The van der Waals surface area contributed by atoms with Crippen LogP contribution in [0.25, 0.3) is 0 Å². The molecule has 0 fully saturated rings. The van der Waals surface area contributed by atoms with Gasteiger partial charge in [0, 0.05) is 29.2 Å². The molecule has 39 heavy (non-hydrogen) atoms. The van der Waals surface area contributed by atoms with Crippen LogP contribution in [0.1, 0.15) is 45.4 Å². The van der Waals surface area contributed by atoms with Gasteiger partial charge in [0.05, 0.1) is 30.4 Å². The normalized spacial score (nSPS) is 19.9. The van der Waals surface area contributed by atoms with Crippen molar-refractivity contribution < 1.29 is 19.4 Å². The van der Waals surface area contributed by atoms with Crippen molar-refractivity contribution in [3.8, 4) is 11.5 Å². The Morgan fingerprint density at radius 2 is 1.59 bits per heavy atom. The van der Waals surface area contributed by atoms with Gasteiger partial charge in [0.1, 0.15) is 5.78 Å². The minimum atomic E-state index is -0.500. The molecule has 6 heteroatoms. The first-order valence-corrected chi connectivity index (χ1v) is 13.0. The number of allylic oxidation sites excluding steroid dienone is 1. The molecular weight excluding hydrogens is 488 g/mol. The van der Waals surface area contributed by atoms with E-state index < -0.39 is 12.0 Å². The zero-order valence-corrected chi connectivity index (χ0v) is 21.4. The average Bonchev–Trinajstić information content (AvgIpc) is 3.14. The van der Waals surface area contributed by atoms with Gasteiger partial charge in [0.2, 0.25) is 0 Å². The number of anilines is 2. The second kappa shape index (κ2) is 10.1. The number of ether oxygens (including phenoxy) is 1. The highest BCUT2D eigenvalue weighted by Crippen LogP contribution is 2.45. The molecule has 0 saturated heterocycles. The summed E-state index contributed by atoms with van der Waals surface area (Å²) in [5.74, 6) is -0.162. The van der Waals surface area contributed by atoms with Gasteiger partial charge in [-0.15, -0.1) is 0 Å². The smallest absolute Gasteiger partial charge is 0.193 e. The molecule has 0 aromatic heterocycles. The molecule has 6 rings (SSSR count). The van der Waals surface area contributed by atoms with E-state index in [1.54, 1.807) is 30.3 Å². The van der Waals surface area contributed by atoms with Crippen molar-refractivity contribution in [2.45, 2.75) is 18.4 Å². The first kappa shape index (κ1) is 24.5. The zero-order valence-electron chi connectivity index (χ0n) is 21.4. The van der Waals surface area contributed by atoms with Gasteiger partial charge in [-0.1, -0.05) is 72.8 Å². The van der Waals surface area contributed by atoms with E-state index in [0.29, 0.717) is 23.3 Å². The lowest BCUT2D eigenvalue weighted by atomic mass is 9.76. The minimum Gasteiger partial charge on any atom is -0.504 e. The van der Waals surface area contributed by atoms with Gasteiger partial charge in [0.15, 0.2) is 17.3 Å². The number of fused-ring (bicyclic) bond motifs is 2. The van der Waals surface area contributed by atoms with Crippen LogP contribution in [0.15, 0.2) is 109 Å². The molecule has 3 N–H and O–H groups in total. The number of carbonyl (C=O) groups is 2. The van der Waals surface area contributed by atoms with Crippen LogP contribution >= 0.6 is 0 Å². The van der Waals surface area contributed by atoms with E-state index in [1.807, 2.05) is 66.7 Å². The molecule has 0 amide bonds. The molecule has 4 aromatic rings. The SMILES string of the molecule is COc1cc([C@@H]2Nc3ccc(C(=O)c4ccccc4)cc3NC3=C[C@@H](c4ccccc4)CC(=O)[C@@H]32)ccc1O. The van der Waals surface area contributed by atoms with Crippen molar-refractivity contribution in [1.82, 2.24) is 0 Å². The highest BCUT2D eigenvalue weighted by molar-refractivity contribution is 6.10. The van der Waals surface area contributed by atoms with Gasteiger partial charge in [0.25, 0.3) is 0 Å². The molecular formula is C33H28N2O4. The molecule has 2 aliphatic rings. The largest absolute Gasteiger partial charge is 0.504 e. The fraction of sp³-hybridized carbons (Fsp3) is 0.152. The molecule has 1 aliphatic heterocycles. The van der Waals surface area contributed by atoms with Crippen molar-refractivity contribution in [3.63, 3.8) is 0 Å². The van der Waals surface area contributed by atoms with Gasteiger partial charge in [-0.05, 0) is 41.5 Å². The molecule has 0 unspecified atom stereocenters. The maximum atomic E-state index is 13.8. The Hall–Kier alpha value is -4.84. The molecule has 194 valence electrons. The summed E-state index contributed by atoms with van der Waals surface area (Å²) >= 11 is 0. The predicted octanol–water partition coefficient (Wildman–Crippen LogP) is 6.47. The number of phenols is 1. The molecule has 0 saturated carbocycles. The number of nitrogens with one attached hydrogen (secondary N) is 2. The third-order valence-electron chi connectivity index (χ3n) is 7.52. The third kappa shape index (κ3) is 4.66. The number of phenolic OH excluding ortho intramolecular Hbond substituents is 1. The van der Waals surface area contributed by atoms with Crippen LogP contribution in [0.4, 0.5) is 11.4 Å². The van der Waals surface area contributed by atoms with Crippen LogP contribution in [0.3, 0.4) is 0 Å². The first-order chi connectivity index (χ1) is 19.0. The van der Waals surface area contributed by atoms with E-state index >= 15 is 0 Å². The van der Waals surface area contributed by atoms with E-state index in [2.05, 4.69) is 16.7 Å². The summed E-state index contributed by atoms with van der Waals surface area (Å²) in [7, 11) is 1.50. The second-order valence-electron chi connectivity index (χ2n) is 9.92. The predicted molar refractivity (Wildman–Crippen MR) is 151 cm³/mol. The number of rotatable bonds is 5. The van der Waals surface area contributed by atoms with Crippen LogP contribution in [0, 0.1) is 5.92 Å². The molecule has 1 aliphatic carbocycles. The number of ketones is 2. The quantitative estimate of drug-likeness (QED) is 0.264. The average molecular weight is 517 g/mol. The van der Waals surface area contributed by atoms with Gasteiger partial charge in [-0.3, -0.25) is 9.59 Å². The van der Waals surface area contributed by atoms with Crippen LogP contribution in [-0.2, 0) is 4.79 Å². The minimum absolute atomic E-state index is 0.0346. The van der Waals surface area contributed by atoms with Gasteiger partial charge in [-0.2, -0.15) is 0 Å². The summed E-state index contributed by atoms with van der Waals surface area (Å²) in [4.78, 5) is 27.0. The highest BCUT2D eigenvalue weighted by Gasteiger charge is 2.40. The van der Waals surface area contributed by atoms with Crippen molar-refractivity contribution in [2.24, 2.45) is 5.92 Å². The summed E-state index contributed by atoms with van der Waals surface area (Å²) in [6.07, 6.45) is 2.51. The molecule has 0 bridgehead atoms. The third-order valence-corrected chi connectivity index (χ3v) is 7.52. The summed E-state index contributed by atoms with van der Waals surface area (Å²) in [6, 6.07) is 29.4. The van der Waals surface area contributed by atoms with E-state index in [0.717, 1.165) is 28.2 Å². The lowest BCUT2D eigenvalue weighted by Gasteiger charge is -2.32. The van der Waals surface area contributed by atoms with Gasteiger partial charge < -0.3 is 20.5 Å². The Morgan fingerprint density at radius 3 is 2.33 bits per heavy atom. The van der Waals surface area contributed by atoms with E-state index in [1.165, 1.54) is 7.11 Å². The van der Waals surface area contributed by atoms with Crippen molar-refractivity contribution in [3.05, 3.63) is 131 Å². The van der Waals surface area contributed by atoms with Gasteiger partial charge in [-0.25, -0.2) is 0 Å². The second-order valence-corrected chi connectivity index (χ2v) is 9.92. The number of hydrogen-bond acceptors (Lipinski definition) is 6. The van der Waals surface area contributed by atoms with Crippen molar-refractivity contribution in [2.75, 3.05) is 17.7 Å². The molecule has 6 nitrogen and oxygen atoms in total. The Morgan fingerprint density at radius 1 is 0.846 bits per heavy atom. The van der Waals surface area contributed by atoms with E-state index in [9.17, 15) is 14.7 Å². The monoisotopic (exact) mass is 516 g/mol.